The van der Waals surface area contributed by atoms with Crippen molar-refractivity contribution in [1.29, 1.82) is 0 Å². The number of hydrogen-bond donors (Lipinski definition) is 1. The highest BCUT2D eigenvalue weighted by Crippen LogP contribution is 2.20. The lowest BCUT2D eigenvalue weighted by atomic mass is 9.92. The van der Waals surface area contributed by atoms with Crippen LogP contribution in [0.15, 0.2) is 53.0 Å². The molecule has 0 spiro atoms. The van der Waals surface area contributed by atoms with Crippen LogP contribution >= 0.6 is 15.9 Å². The number of rotatable bonds is 6. The number of hydrogen-bond acceptors (Lipinski definition) is 2. The van der Waals surface area contributed by atoms with E-state index in [4.69, 9.17) is 4.74 Å². The van der Waals surface area contributed by atoms with Gasteiger partial charge < -0.3 is 9.84 Å². The van der Waals surface area contributed by atoms with E-state index in [2.05, 4.69) is 15.9 Å². The fourth-order valence-electron chi connectivity index (χ4n) is 2.28. The number of methoxy groups -OCH3 is 1. The molecule has 2 aromatic carbocycles. The lowest BCUT2D eigenvalue weighted by Crippen LogP contribution is -2.19. The number of carbonyl (C=O) groups is 1. The van der Waals surface area contributed by atoms with E-state index in [1.807, 2.05) is 48.5 Å². The third-order valence-electron chi connectivity index (χ3n) is 3.34. The van der Waals surface area contributed by atoms with Gasteiger partial charge >= 0.3 is 5.97 Å². The molecule has 0 bridgehead atoms. The van der Waals surface area contributed by atoms with Crippen LogP contribution in [0.25, 0.3) is 0 Å². The van der Waals surface area contributed by atoms with Crippen molar-refractivity contribution < 1.29 is 14.6 Å². The van der Waals surface area contributed by atoms with E-state index in [1.165, 1.54) is 0 Å². The van der Waals surface area contributed by atoms with Gasteiger partial charge in [0, 0.05) is 4.47 Å². The summed E-state index contributed by atoms with van der Waals surface area (Å²) in [7, 11) is 1.61. The van der Waals surface area contributed by atoms with Crippen LogP contribution in [-0.2, 0) is 17.6 Å². The summed E-state index contributed by atoms with van der Waals surface area (Å²) in [5, 5.41) is 9.45. The highest BCUT2D eigenvalue weighted by atomic mass is 79.9. The summed E-state index contributed by atoms with van der Waals surface area (Å²) in [4.78, 5) is 11.5. The first kappa shape index (κ1) is 15.6. The molecule has 1 unspecified atom stereocenters. The predicted octanol–water partition coefficient (Wildman–Crippen LogP) is 3.94. The molecule has 0 amide bonds. The van der Waals surface area contributed by atoms with Gasteiger partial charge in [0.1, 0.15) is 5.75 Å². The second-order valence-electron chi connectivity index (χ2n) is 4.92. The maximum atomic E-state index is 11.5. The molecule has 0 saturated heterocycles. The first-order chi connectivity index (χ1) is 10.1. The average molecular weight is 349 g/mol. The van der Waals surface area contributed by atoms with E-state index >= 15 is 0 Å². The van der Waals surface area contributed by atoms with E-state index in [0.717, 1.165) is 21.3 Å². The van der Waals surface area contributed by atoms with Gasteiger partial charge in [0.15, 0.2) is 0 Å². The molecule has 1 atom stereocenters. The van der Waals surface area contributed by atoms with E-state index in [-0.39, 0.29) is 0 Å². The molecule has 3 nitrogen and oxygen atoms in total. The second-order valence-corrected chi connectivity index (χ2v) is 5.84. The molecule has 0 aliphatic rings. The number of aliphatic carboxylic acids is 1. The smallest absolute Gasteiger partial charge is 0.307 e. The van der Waals surface area contributed by atoms with Gasteiger partial charge in [-0.25, -0.2) is 0 Å². The van der Waals surface area contributed by atoms with Crippen molar-refractivity contribution in [2.45, 2.75) is 12.8 Å². The molecule has 2 rings (SSSR count). The normalized spacial score (nSPS) is 11.9. The van der Waals surface area contributed by atoms with E-state index < -0.39 is 11.9 Å². The minimum absolute atomic E-state index is 0.452. The fraction of sp³-hybridized carbons (Fsp3) is 0.235. The summed E-state index contributed by atoms with van der Waals surface area (Å²) in [6.45, 7) is 0. The van der Waals surface area contributed by atoms with Gasteiger partial charge in [0.2, 0.25) is 0 Å². The highest BCUT2D eigenvalue weighted by molar-refractivity contribution is 9.10. The van der Waals surface area contributed by atoms with Gasteiger partial charge in [0.25, 0.3) is 0 Å². The molecule has 0 heterocycles. The van der Waals surface area contributed by atoms with Crippen molar-refractivity contribution in [2.75, 3.05) is 7.11 Å². The van der Waals surface area contributed by atoms with Crippen LogP contribution in [0.1, 0.15) is 11.1 Å². The first-order valence-corrected chi connectivity index (χ1v) is 7.48. The third kappa shape index (κ3) is 4.60. The van der Waals surface area contributed by atoms with Crippen molar-refractivity contribution in [3.05, 3.63) is 64.1 Å². The Morgan fingerprint density at radius 2 is 1.76 bits per heavy atom. The summed E-state index contributed by atoms with van der Waals surface area (Å²) in [5.41, 5.74) is 1.98. The maximum Gasteiger partial charge on any atom is 0.307 e. The number of ether oxygens (including phenoxy) is 1. The van der Waals surface area contributed by atoms with Gasteiger partial charge in [-0.2, -0.15) is 0 Å². The lowest BCUT2D eigenvalue weighted by Gasteiger charge is -2.13. The average Bonchev–Trinajstić information content (AvgIpc) is 2.47. The largest absolute Gasteiger partial charge is 0.497 e. The second kappa shape index (κ2) is 7.27. The summed E-state index contributed by atoms with van der Waals surface area (Å²) >= 11 is 3.41. The summed E-state index contributed by atoms with van der Waals surface area (Å²) in [6.07, 6.45) is 0.991. The Kier molecular flexibility index (Phi) is 5.39. The van der Waals surface area contributed by atoms with Crippen molar-refractivity contribution in [3.63, 3.8) is 0 Å². The van der Waals surface area contributed by atoms with Crippen LogP contribution in [0.4, 0.5) is 0 Å². The highest BCUT2D eigenvalue weighted by Gasteiger charge is 2.19. The van der Waals surface area contributed by atoms with Gasteiger partial charge in [-0.05, 0) is 48.2 Å². The zero-order chi connectivity index (χ0) is 15.2. The molecular formula is C17H17BrO3. The SMILES string of the molecule is COc1cccc(CC(Cc2cccc(Br)c2)C(=O)O)c1. The molecule has 0 aliphatic heterocycles. The molecule has 110 valence electrons. The molecule has 2 aromatic rings. The van der Waals surface area contributed by atoms with Crippen molar-refractivity contribution in [2.24, 2.45) is 5.92 Å². The van der Waals surface area contributed by atoms with Crippen molar-refractivity contribution >= 4 is 21.9 Å². The van der Waals surface area contributed by atoms with Crippen LogP contribution in [0.5, 0.6) is 5.75 Å². The minimum Gasteiger partial charge on any atom is -0.497 e. The topological polar surface area (TPSA) is 46.5 Å². The Morgan fingerprint density at radius 1 is 1.14 bits per heavy atom. The standard InChI is InChI=1S/C17H17BrO3/c1-21-16-7-3-5-13(11-16)9-14(17(19)20)8-12-4-2-6-15(18)10-12/h2-7,10-11,14H,8-9H2,1H3,(H,19,20). The van der Waals surface area contributed by atoms with Crippen LogP contribution in [-0.4, -0.2) is 18.2 Å². The Hall–Kier alpha value is -1.81. The Bertz CT molecular complexity index is 625. The number of carboxylic acid groups (broad SMARTS) is 1. The first-order valence-electron chi connectivity index (χ1n) is 6.68. The van der Waals surface area contributed by atoms with Gasteiger partial charge in [-0.1, -0.05) is 40.2 Å². The lowest BCUT2D eigenvalue weighted by molar-refractivity contribution is -0.141. The number of halogens is 1. The molecule has 21 heavy (non-hydrogen) atoms. The molecule has 4 heteroatoms. The fourth-order valence-corrected chi connectivity index (χ4v) is 2.73. The Labute approximate surface area is 132 Å². The van der Waals surface area contributed by atoms with E-state index in [0.29, 0.717) is 12.8 Å². The third-order valence-corrected chi connectivity index (χ3v) is 3.83. The molecule has 0 aromatic heterocycles. The van der Waals surface area contributed by atoms with Gasteiger partial charge in [-0.3, -0.25) is 4.79 Å². The van der Waals surface area contributed by atoms with Crippen LogP contribution in [0.2, 0.25) is 0 Å². The summed E-state index contributed by atoms with van der Waals surface area (Å²) < 4.78 is 6.14. The Morgan fingerprint density at radius 3 is 2.33 bits per heavy atom. The zero-order valence-electron chi connectivity index (χ0n) is 11.8. The molecule has 0 fully saturated rings. The Balaban J connectivity index is 2.13. The molecule has 0 radical (unpaired) electrons. The van der Waals surface area contributed by atoms with Crippen LogP contribution < -0.4 is 4.74 Å². The molecular weight excluding hydrogens is 332 g/mol. The van der Waals surface area contributed by atoms with Crippen molar-refractivity contribution in [3.8, 4) is 5.75 Å². The minimum atomic E-state index is -0.780. The predicted molar refractivity (Wildman–Crippen MR) is 85.7 cm³/mol. The quantitative estimate of drug-likeness (QED) is 0.859. The summed E-state index contributed by atoms with van der Waals surface area (Å²) in [6, 6.07) is 15.3. The van der Waals surface area contributed by atoms with Gasteiger partial charge in [-0.15, -0.1) is 0 Å². The van der Waals surface area contributed by atoms with Crippen molar-refractivity contribution in [1.82, 2.24) is 0 Å². The number of benzene rings is 2. The number of carboxylic acids is 1. The molecule has 0 saturated carbocycles. The van der Waals surface area contributed by atoms with E-state index in [1.54, 1.807) is 7.11 Å². The van der Waals surface area contributed by atoms with Crippen LogP contribution in [0.3, 0.4) is 0 Å². The van der Waals surface area contributed by atoms with Crippen LogP contribution in [0, 0.1) is 5.92 Å². The monoisotopic (exact) mass is 348 g/mol. The molecule has 0 aliphatic carbocycles. The molecule has 1 N–H and O–H groups in total. The maximum absolute atomic E-state index is 11.5. The summed E-state index contributed by atoms with van der Waals surface area (Å²) in [5.74, 6) is -0.483. The van der Waals surface area contributed by atoms with E-state index in [9.17, 15) is 9.90 Å². The zero-order valence-corrected chi connectivity index (χ0v) is 13.3. The van der Waals surface area contributed by atoms with Gasteiger partial charge in [0.05, 0.1) is 13.0 Å².